The van der Waals surface area contributed by atoms with Crippen LogP contribution in [0.1, 0.15) is 36.3 Å². The number of hydrogen-bond acceptors (Lipinski definition) is 2. The minimum absolute atomic E-state index is 0.122. The molecule has 0 saturated carbocycles. The first-order valence-corrected chi connectivity index (χ1v) is 10.0. The van der Waals surface area contributed by atoms with Crippen LogP contribution in [0.2, 0.25) is 10.0 Å². The van der Waals surface area contributed by atoms with Crippen molar-refractivity contribution in [3.8, 4) is 0 Å². The van der Waals surface area contributed by atoms with Crippen LogP contribution in [-0.2, 0) is 0 Å². The second-order valence-corrected chi connectivity index (χ2v) is 8.24. The van der Waals surface area contributed by atoms with Gasteiger partial charge < -0.3 is 10.2 Å². The van der Waals surface area contributed by atoms with Gasteiger partial charge in [0.1, 0.15) is 5.37 Å². The number of carbonyl (C=O) groups is 1. The highest BCUT2D eigenvalue weighted by Crippen LogP contribution is 2.42. The Labute approximate surface area is 162 Å². The predicted octanol–water partition coefficient (Wildman–Crippen LogP) is 6.40. The maximum Gasteiger partial charge on any atom is 0.323 e. The monoisotopic (exact) mass is 394 g/mol. The number of anilines is 1. The van der Waals surface area contributed by atoms with Gasteiger partial charge in [0.05, 0.1) is 10.0 Å². The molecular weight excluding hydrogens is 375 g/mol. The molecule has 1 unspecified atom stereocenters. The molecule has 132 valence electrons. The van der Waals surface area contributed by atoms with E-state index in [0.29, 0.717) is 22.5 Å². The van der Waals surface area contributed by atoms with Gasteiger partial charge in [-0.2, -0.15) is 0 Å². The van der Waals surface area contributed by atoms with Gasteiger partial charge in [0, 0.05) is 23.5 Å². The molecule has 1 saturated heterocycles. The quantitative estimate of drug-likeness (QED) is 0.653. The molecule has 1 heterocycles. The van der Waals surface area contributed by atoms with Crippen molar-refractivity contribution in [2.75, 3.05) is 17.6 Å². The normalized spacial score (nSPS) is 17.2. The fourth-order valence-electron chi connectivity index (χ4n) is 2.79. The van der Waals surface area contributed by atoms with E-state index in [9.17, 15) is 4.79 Å². The Hall–Kier alpha value is -1.36. The first-order valence-electron chi connectivity index (χ1n) is 8.20. The van der Waals surface area contributed by atoms with Crippen LogP contribution < -0.4 is 5.32 Å². The summed E-state index contributed by atoms with van der Waals surface area (Å²) < 4.78 is 0. The zero-order valence-corrected chi connectivity index (χ0v) is 16.5. The van der Waals surface area contributed by atoms with E-state index < -0.39 is 0 Å². The first kappa shape index (κ1) is 18.4. The van der Waals surface area contributed by atoms with Gasteiger partial charge in [-0.1, -0.05) is 61.3 Å². The molecule has 0 spiro atoms. The van der Waals surface area contributed by atoms with Crippen molar-refractivity contribution in [3.63, 3.8) is 0 Å². The van der Waals surface area contributed by atoms with Crippen LogP contribution >= 0.6 is 35.0 Å². The van der Waals surface area contributed by atoms with Crippen molar-refractivity contribution in [2.24, 2.45) is 0 Å². The molecule has 0 aromatic heterocycles. The molecule has 1 aliphatic rings. The van der Waals surface area contributed by atoms with Crippen molar-refractivity contribution in [1.82, 2.24) is 4.90 Å². The standard InChI is InChI=1S/C19H20Cl2N2OS/c1-12(2)13-6-8-14(9-7-13)22-19(24)23-10-11-25-18(23)15-4-3-5-16(20)17(15)21/h3-9,12,18H,10-11H2,1-2H3,(H,22,24). The Kier molecular flexibility index (Phi) is 5.82. The van der Waals surface area contributed by atoms with Gasteiger partial charge >= 0.3 is 6.03 Å². The van der Waals surface area contributed by atoms with E-state index in [-0.39, 0.29) is 11.4 Å². The van der Waals surface area contributed by atoms with Crippen molar-refractivity contribution < 1.29 is 4.79 Å². The summed E-state index contributed by atoms with van der Waals surface area (Å²) in [5.74, 6) is 1.34. The molecule has 1 N–H and O–H groups in total. The predicted molar refractivity (Wildman–Crippen MR) is 108 cm³/mol. The van der Waals surface area contributed by atoms with Crippen LogP contribution in [0.3, 0.4) is 0 Å². The average molecular weight is 395 g/mol. The van der Waals surface area contributed by atoms with Gasteiger partial charge in [0.25, 0.3) is 0 Å². The van der Waals surface area contributed by atoms with E-state index in [1.807, 2.05) is 36.4 Å². The zero-order chi connectivity index (χ0) is 18.0. The molecule has 6 heteroatoms. The summed E-state index contributed by atoms with van der Waals surface area (Å²) in [6, 6.07) is 13.4. The number of carbonyl (C=O) groups excluding carboxylic acids is 1. The highest BCUT2D eigenvalue weighted by atomic mass is 35.5. The van der Waals surface area contributed by atoms with Crippen LogP contribution in [-0.4, -0.2) is 23.2 Å². The number of nitrogens with one attached hydrogen (secondary N) is 1. The first-order chi connectivity index (χ1) is 12.0. The van der Waals surface area contributed by atoms with E-state index in [2.05, 4.69) is 19.2 Å². The lowest BCUT2D eigenvalue weighted by atomic mass is 10.0. The summed E-state index contributed by atoms with van der Waals surface area (Å²) >= 11 is 14.2. The molecule has 0 bridgehead atoms. The summed E-state index contributed by atoms with van der Waals surface area (Å²) in [4.78, 5) is 14.5. The van der Waals surface area contributed by atoms with Gasteiger partial charge in [-0.25, -0.2) is 4.79 Å². The van der Waals surface area contributed by atoms with Crippen LogP contribution in [0.5, 0.6) is 0 Å². The lowest BCUT2D eigenvalue weighted by Crippen LogP contribution is -2.34. The maximum absolute atomic E-state index is 12.7. The Morgan fingerprint density at radius 1 is 1.20 bits per heavy atom. The van der Waals surface area contributed by atoms with Gasteiger partial charge in [-0.3, -0.25) is 0 Å². The lowest BCUT2D eigenvalue weighted by molar-refractivity contribution is 0.214. The van der Waals surface area contributed by atoms with Gasteiger partial charge in [0.15, 0.2) is 0 Å². The third-order valence-corrected chi connectivity index (χ3v) is 6.30. The highest BCUT2D eigenvalue weighted by molar-refractivity contribution is 7.99. The summed E-state index contributed by atoms with van der Waals surface area (Å²) in [5.41, 5.74) is 2.92. The molecule has 1 aliphatic heterocycles. The molecule has 2 aromatic carbocycles. The van der Waals surface area contributed by atoms with E-state index >= 15 is 0 Å². The Morgan fingerprint density at radius 3 is 2.60 bits per heavy atom. The second-order valence-electron chi connectivity index (χ2n) is 6.27. The topological polar surface area (TPSA) is 32.3 Å². The number of halogens is 2. The summed E-state index contributed by atoms with van der Waals surface area (Å²) in [7, 11) is 0. The molecule has 3 nitrogen and oxygen atoms in total. The van der Waals surface area contributed by atoms with Gasteiger partial charge in [-0.05, 0) is 29.7 Å². The van der Waals surface area contributed by atoms with Crippen molar-refractivity contribution in [2.45, 2.75) is 25.1 Å². The fourth-order valence-corrected chi connectivity index (χ4v) is 4.55. The fraction of sp³-hybridized carbons (Fsp3) is 0.316. The number of rotatable bonds is 3. The minimum atomic E-state index is -0.124. The molecule has 2 amide bonds. The maximum atomic E-state index is 12.7. The number of amides is 2. The van der Waals surface area contributed by atoms with Crippen LogP contribution in [0, 0.1) is 0 Å². The number of nitrogens with zero attached hydrogens (tertiary/aromatic N) is 1. The molecule has 1 fully saturated rings. The van der Waals surface area contributed by atoms with Crippen LogP contribution in [0.25, 0.3) is 0 Å². The van der Waals surface area contributed by atoms with E-state index in [1.54, 1.807) is 22.7 Å². The minimum Gasteiger partial charge on any atom is -0.308 e. The van der Waals surface area contributed by atoms with Crippen molar-refractivity contribution in [1.29, 1.82) is 0 Å². The summed E-state index contributed by atoms with van der Waals surface area (Å²) in [5, 5.41) is 3.88. The molecule has 25 heavy (non-hydrogen) atoms. The average Bonchev–Trinajstić information content (AvgIpc) is 3.07. The van der Waals surface area contributed by atoms with Crippen LogP contribution in [0.4, 0.5) is 10.5 Å². The van der Waals surface area contributed by atoms with E-state index in [0.717, 1.165) is 17.0 Å². The van der Waals surface area contributed by atoms with E-state index in [1.165, 1.54) is 5.56 Å². The number of hydrogen-bond donors (Lipinski definition) is 1. The number of thioether (sulfide) groups is 1. The highest BCUT2D eigenvalue weighted by Gasteiger charge is 2.32. The summed E-state index contributed by atoms with van der Waals surface area (Å²) in [6.07, 6.45) is 0. The Balaban J connectivity index is 1.75. The number of benzene rings is 2. The third kappa shape index (κ3) is 4.08. The van der Waals surface area contributed by atoms with Gasteiger partial charge in [0.2, 0.25) is 0 Å². The van der Waals surface area contributed by atoms with Crippen LogP contribution in [0.15, 0.2) is 42.5 Å². The molecule has 1 atom stereocenters. The number of urea groups is 1. The zero-order valence-electron chi connectivity index (χ0n) is 14.1. The molecule has 2 aromatic rings. The second kappa shape index (κ2) is 7.90. The van der Waals surface area contributed by atoms with Gasteiger partial charge in [-0.15, -0.1) is 11.8 Å². The molecule has 0 aliphatic carbocycles. The lowest BCUT2D eigenvalue weighted by Gasteiger charge is -2.25. The SMILES string of the molecule is CC(C)c1ccc(NC(=O)N2CCSC2c2cccc(Cl)c2Cl)cc1. The van der Waals surface area contributed by atoms with Crippen molar-refractivity contribution >= 4 is 46.7 Å². The smallest absolute Gasteiger partial charge is 0.308 e. The van der Waals surface area contributed by atoms with Crippen molar-refractivity contribution in [3.05, 3.63) is 63.6 Å². The molecular formula is C19H20Cl2N2OS. The third-order valence-electron chi connectivity index (χ3n) is 4.23. The molecule has 3 rings (SSSR count). The molecule has 0 radical (unpaired) electrons. The Morgan fingerprint density at radius 2 is 1.92 bits per heavy atom. The Bertz CT molecular complexity index is 765. The summed E-state index contributed by atoms with van der Waals surface area (Å²) in [6.45, 7) is 4.97. The van der Waals surface area contributed by atoms with E-state index in [4.69, 9.17) is 23.2 Å². The largest absolute Gasteiger partial charge is 0.323 e.